The van der Waals surface area contributed by atoms with Crippen molar-refractivity contribution in [3.8, 4) is 0 Å². The molecule has 3 aromatic rings. The number of alkyl halides is 3. The maximum Gasteiger partial charge on any atom is 0.418 e. The molecule has 0 aliphatic rings. The van der Waals surface area contributed by atoms with Crippen molar-refractivity contribution in [2.24, 2.45) is 0 Å². The summed E-state index contributed by atoms with van der Waals surface area (Å²) < 4.78 is 59.1. The van der Waals surface area contributed by atoms with Crippen molar-refractivity contribution in [3.63, 3.8) is 0 Å². The molecule has 3 rings (SSSR count). The summed E-state index contributed by atoms with van der Waals surface area (Å²) in [6.07, 6.45) is -4.14. The third-order valence-electron chi connectivity index (χ3n) is 4.00. The number of benzene rings is 2. The number of furan rings is 1. The highest BCUT2D eigenvalue weighted by atomic mass is 35.5. The number of amides is 2. The first-order chi connectivity index (χ1) is 14.1. The SMILES string of the molecule is O=C(Cc1c(F)cccc1Cl)Nc1ccc(NC(=O)c2ccco2)cc1C(F)(F)F. The van der Waals surface area contributed by atoms with Crippen molar-refractivity contribution in [2.45, 2.75) is 12.6 Å². The number of anilines is 2. The summed E-state index contributed by atoms with van der Waals surface area (Å²) in [5.41, 5.74) is -2.02. The predicted octanol–water partition coefficient (Wildman–Crippen LogP) is 5.52. The number of rotatable bonds is 5. The fourth-order valence-corrected chi connectivity index (χ4v) is 2.85. The van der Waals surface area contributed by atoms with Crippen LogP contribution in [0.1, 0.15) is 21.7 Å². The fraction of sp³-hybridized carbons (Fsp3) is 0.100. The van der Waals surface area contributed by atoms with E-state index in [4.69, 9.17) is 16.0 Å². The van der Waals surface area contributed by atoms with Gasteiger partial charge in [0.1, 0.15) is 5.82 Å². The molecule has 10 heteroatoms. The van der Waals surface area contributed by atoms with Gasteiger partial charge in [-0.3, -0.25) is 9.59 Å². The maximum absolute atomic E-state index is 13.8. The Hall–Kier alpha value is -3.33. The first-order valence-electron chi connectivity index (χ1n) is 8.44. The topological polar surface area (TPSA) is 71.3 Å². The predicted molar refractivity (Wildman–Crippen MR) is 102 cm³/mol. The lowest BCUT2D eigenvalue weighted by atomic mass is 10.1. The van der Waals surface area contributed by atoms with Crippen LogP contribution < -0.4 is 10.6 Å². The van der Waals surface area contributed by atoms with E-state index in [-0.39, 0.29) is 22.0 Å². The molecule has 0 aliphatic heterocycles. The van der Waals surface area contributed by atoms with Gasteiger partial charge in [-0.25, -0.2) is 4.39 Å². The van der Waals surface area contributed by atoms with Gasteiger partial charge in [0.05, 0.1) is 23.9 Å². The van der Waals surface area contributed by atoms with Crippen LogP contribution in [0.25, 0.3) is 0 Å². The van der Waals surface area contributed by atoms with Gasteiger partial charge in [0.25, 0.3) is 5.91 Å². The van der Waals surface area contributed by atoms with Gasteiger partial charge in [-0.15, -0.1) is 0 Å². The van der Waals surface area contributed by atoms with E-state index >= 15 is 0 Å². The lowest BCUT2D eigenvalue weighted by molar-refractivity contribution is -0.136. The third-order valence-corrected chi connectivity index (χ3v) is 4.36. The molecule has 2 aromatic carbocycles. The summed E-state index contributed by atoms with van der Waals surface area (Å²) in [4.78, 5) is 24.2. The van der Waals surface area contributed by atoms with E-state index in [2.05, 4.69) is 10.6 Å². The van der Waals surface area contributed by atoms with E-state index < -0.39 is 41.5 Å². The molecule has 5 nitrogen and oxygen atoms in total. The van der Waals surface area contributed by atoms with Crippen LogP contribution in [0.15, 0.2) is 59.2 Å². The van der Waals surface area contributed by atoms with Crippen LogP contribution in [-0.2, 0) is 17.4 Å². The lowest BCUT2D eigenvalue weighted by Crippen LogP contribution is -2.19. The van der Waals surface area contributed by atoms with E-state index in [1.807, 2.05) is 0 Å². The Morgan fingerprint density at radius 3 is 2.43 bits per heavy atom. The number of nitrogens with one attached hydrogen (secondary N) is 2. The molecule has 0 fully saturated rings. The van der Waals surface area contributed by atoms with Crippen LogP contribution in [0.5, 0.6) is 0 Å². The summed E-state index contributed by atoms with van der Waals surface area (Å²) >= 11 is 5.84. The molecule has 0 bridgehead atoms. The number of hydrogen-bond acceptors (Lipinski definition) is 3. The van der Waals surface area contributed by atoms with Crippen molar-refractivity contribution in [2.75, 3.05) is 10.6 Å². The van der Waals surface area contributed by atoms with Gasteiger partial charge < -0.3 is 15.1 Å². The molecule has 1 aromatic heterocycles. The molecule has 2 N–H and O–H groups in total. The molecule has 30 heavy (non-hydrogen) atoms. The highest BCUT2D eigenvalue weighted by Gasteiger charge is 2.34. The summed E-state index contributed by atoms with van der Waals surface area (Å²) in [7, 11) is 0. The van der Waals surface area contributed by atoms with Crippen molar-refractivity contribution < 1.29 is 31.6 Å². The molecule has 2 amide bonds. The van der Waals surface area contributed by atoms with Crippen LogP contribution in [0.4, 0.5) is 28.9 Å². The van der Waals surface area contributed by atoms with Crippen molar-refractivity contribution >= 4 is 34.8 Å². The second-order valence-corrected chi connectivity index (χ2v) is 6.52. The zero-order valence-corrected chi connectivity index (χ0v) is 15.8. The Balaban J connectivity index is 1.82. The average Bonchev–Trinajstić information content (AvgIpc) is 3.20. The molecule has 0 spiro atoms. The van der Waals surface area contributed by atoms with Crippen LogP contribution >= 0.6 is 11.6 Å². The minimum Gasteiger partial charge on any atom is -0.459 e. The fourth-order valence-electron chi connectivity index (χ4n) is 2.62. The van der Waals surface area contributed by atoms with E-state index in [0.29, 0.717) is 6.07 Å². The standard InChI is InChI=1S/C20H13ClF4N2O3/c21-14-3-1-4-15(22)12(14)10-18(28)27-16-7-6-11(9-13(16)20(23,24)25)26-19(29)17-5-2-8-30-17/h1-9H,10H2,(H,26,29)(H,27,28). The first-order valence-corrected chi connectivity index (χ1v) is 8.82. The smallest absolute Gasteiger partial charge is 0.418 e. The molecule has 1 heterocycles. The largest absolute Gasteiger partial charge is 0.459 e. The van der Waals surface area contributed by atoms with Gasteiger partial charge in [0, 0.05) is 16.3 Å². The van der Waals surface area contributed by atoms with Gasteiger partial charge >= 0.3 is 6.18 Å². The Morgan fingerprint density at radius 2 is 1.80 bits per heavy atom. The van der Waals surface area contributed by atoms with Crippen LogP contribution in [-0.4, -0.2) is 11.8 Å². The first kappa shape index (κ1) is 21.4. The molecule has 0 radical (unpaired) electrons. The molecule has 0 saturated carbocycles. The minimum atomic E-state index is -4.83. The second kappa shape index (κ2) is 8.58. The number of carbonyl (C=O) groups is 2. The lowest BCUT2D eigenvalue weighted by Gasteiger charge is -2.16. The summed E-state index contributed by atoms with van der Waals surface area (Å²) in [5, 5.41) is 4.38. The Labute approximate surface area is 172 Å². The van der Waals surface area contributed by atoms with E-state index in [0.717, 1.165) is 12.1 Å². The van der Waals surface area contributed by atoms with Gasteiger partial charge in [-0.2, -0.15) is 13.2 Å². The van der Waals surface area contributed by atoms with Gasteiger partial charge in [-0.1, -0.05) is 17.7 Å². The van der Waals surface area contributed by atoms with Gasteiger partial charge in [-0.05, 0) is 42.5 Å². The Kier molecular flexibility index (Phi) is 6.12. The van der Waals surface area contributed by atoms with Crippen molar-refractivity contribution in [3.05, 3.63) is 82.5 Å². The highest BCUT2D eigenvalue weighted by Crippen LogP contribution is 2.37. The average molecular weight is 441 g/mol. The molecule has 0 atom stereocenters. The third kappa shape index (κ3) is 4.98. The normalized spacial score (nSPS) is 11.2. The molecule has 156 valence electrons. The van der Waals surface area contributed by atoms with Crippen LogP contribution in [0, 0.1) is 5.82 Å². The zero-order chi connectivity index (χ0) is 21.9. The quantitative estimate of drug-likeness (QED) is 0.513. The molecular formula is C20H13ClF4N2O3. The number of hydrogen-bond donors (Lipinski definition) is 2. The van der Waals surface area contributed by atoms with E-state index in [9.17, 15) is 27.2 Å². The summed E-state index contributed by atoms with van der Waals surface area (Å²) in [6.45, 7) is 0. The molecule has 0 unspecified atom stereocenters. The number of carbonyl (C=O) groups excluding carboxylic acids is 2. The highest BCUT2D eigenvalue weighted by molar-refractivity contribution is 6.31. The Morgan fingerprint density at radius 1 is 1.03 bits per heavy atom. The number of halogens is 5. The molecular weight excluding hydrogens is 428 g/mol. The summed E-state index contributed by atoms with van der Waals surface area (Å²) in [6, 6.07) is 9.45. The summed E-state index contributed by atoms with van der Waals surface area (Å²) in [5.74, 6) is -2.45. The van der Waals surface area contributed by atoms with Crippen molar-refractivity contribution in [1.82, 2.24) is 0 Å². The Bertz CT molecular complexity index is 1060. The minimum absolute atomic E-state index is 0.0165. The van der Waals surface area contributed by atoms with E-state index in [1.165, 1.54) is 36.6 Å². The van der Waals surface area contributed by atoms with Crippen LogP contribution in [0.2, 0.25) is 5.02 Å². The van der Waals surface area contributed by atoms with E-state index in [1.54, 1.807) is 0 Å². The van der Waals surface area contributed by atoms with Gasteiger partial charge in [0.15, 0.2) is 5.76 Å². The monoisotopic (exact) mass is 440 g/mol. The van der Waals surface area contributed by atoms with Crippen LogP contribution in [0.3, 0.4) is 0 Å². The van der Waals surface area contributed by atoms with Crippen molar-refractivity contribution in [1.29, 1.82) is 0 Å². The molecule has 0 aliphatic carbocycles. The molecule has 0 saturated heterocycles. The zero-order valence-electron chi connectivity index (χ0n) is 15.0. The second-order valence-electron chi connectivity index (χ2n) is 6.11. The van der Waals surface area contributed by atoms with Gasteiger partial charge in [0.2, 0.25) is 5.91 Å². The maximum atomic E-state index is 13.8.